The number of thiophene rings is 2. The number of rotatable bonds is 4. The van der Waals surface area contributed by atoms with Crippen molar-refractivity contribution in [2.45, 2.75) is 39.2 Å². The van der Waals surface area contributed by atoms with Gasteiger partial charge in [0.05, 0.1) is 0 Å². The molecule has 17 heavy (non-hydrogen) atoms. The van der Waals surface area contributed by atoms with Crippen molar-refractivity contribution < 1.29 is 5.11 Å². The molecule has 2 rings (SSSR count). The summed E-state index contributed by atoms with van der Waals surface area (Å²) in [6, 6.07) is 6.37. The van der Waals surface area contributed by atoms with Crippen LogP contribution in [0.3, 0.4) is 0 Å². The Morgan fingerprint density at radius 3 is 2.47 bits per heavy atom. The molecule has 2 aromatic heterocycles. The minimum atomic E-state index is -0.742. The van der Waals surface area contributed by atoms with Gasteiger partial charge in [-0.15, -0.1) is 22.7 Å². The largest absolute Gasteiger partial charge is 0.384 e. The Morgan fingerprint density at radius 2 is 1.94 bits per heavy atom. The predicted molar refractivity (Wildman–Crippen MR) is 76.0 cm³/mol. The highest BCUT2D eigenvalue weighted by Crippen LogP contribution is 2.33. The maximum absolute atomic E-state index is 10.6. The van der Waals surface area contributed by atoms with Crippen LogP contribution in [0.5, 0.6) is 0 Å². The Balaban J connectivity index is 2.20. The van der Waals surface area contributed by atoms with Gasteiger partial charge in [-0.25, -0.2) is 0 Å². The van der Waals surface area contributed by atoms with E-state index in [0.29, 0.717) is 6.42 Å². The highest BCUT2D eigenvalue weighted by Gasteiger charge is 2.27. The summed E-state index contributed by atoms with van der Waals surface area (Å²) in [5.74, 6) is 0. The van der Waals surface area contributed by atoms with E-state index in [1.165, 1.54) is 15.3 Å². The average molecular weight is 266 g/mol. The number of hydrogen-bond acceptors (Lipinski definition) is 3. The molecule has 92 valence electrons. The zero-order valence-corrected chi connectivity index (χ0v) is 12.1. The van der Waals surface area contributed by atoms with Gasteiger partial charge in [-0.1, -0.05) is 6.92 Å². The SMILES string of the molecule is CCc1ccc(CC(C)(O)c2sccc2C)s1. The first kappa shape index (κ1) is 12.8. The fraction of sp³-hybridized carbons (Fsp3) is 0.429. The van der Waals surface area contributed by atoms with Crippen LogP contribution in [0.4, 0.5) is 0 Å². The van der Waals surface area contributed by atoms with Crippen LogP contribution in [-0.2, 0) is 18.4 Å². The summed E-state index contributed by atoms with van der Waals surface area (Å²) in [7, 11) is 0. The van der Waals surface area contributed by atoms with E-state index in [0.717, 1.165) is 11.3 Å². The normalized spacial score (nSPS) is 14.8. The van der Waals surface area contributed by atoms with E-state index in [1.54, 1.807) is 11.3 Å². The van der Waals surface area contributed by atoms with E-state index in [1.807, 2.05) is 23.6 Å². The third-order valence-corrected chi connectivity index (χ3v) is 5.43. The zero-order valence-electron chi connectivity index (χ0n) is 10.5. The molecule has 0 saturated carbocycles. The molecule has 0 bridgehead atoms. The van der Waals surface area contributed by atoms with Crippen molar-refractivity contribution in [2.75, 3.05) is 0 Å². The molecule has 2 heterocycles. The monoisotopic (exact) mass is 266 g/mol. The maximum Gasteiger partial charge on any atom is 0.101 e. The second kappa shape index (κ2) is 4.92. The van der Waals surface area contributed by atoms with Crippen LogP contribution < -0.4 is 0 Å². The summed E-state index contributed by atoms with van der Waals surface area (Å²) in [5, 5.41) is 12.7. The maximum atomic E-state index is 10.6. The standard InChI is InChI=1S/C14H18OS2/c1-4-11-5-6-12(17-11)9-14(3,15)13-10(2)7-8-16-13/h5-8,15H,4,9H2,1-3H3. The van der Waals surface area contributed by atoms with Crippen LogP contribution in [0.15, 0.2) is 23.6 Å². The molecule has 0 aromatic carbocycles. The van der Waals surface area contributed by atoms with Crippen LogP contribution in [0.25, 0.3) is 0 Å². The molecule has 0 spiro atoms. The third kappa shape index (κ3) is 2.79. The van der Waals surface area contributed by atoms with Crippen LogP contribution in [-0.4, -0.2) is 5.11 Å². The second-order valence-corrected chi connectivity index (χ2v) is 6.77. The molecular formula is C14H18OS2. The van der Waals surface area contributed by atoms with E-state index >= 15 is 0 Å². The van der Waals surface area contributed by atoms with Gasteiger partial charge in [-0.2, -0.15) is 0 Å². The Labute approximate surface area is 111 Å². The number of aryl methyl sites for hydroxylation is 2. The van der Waals surface area contributed by atoms with E-state index in [4.69, 9.17) is 0 Å². The average Bonchev–Trinajstić information content (AvgIpc) is 2.86. The van der Waals surface area contributed by atoms with Crippen molar-refractivity contribution in [1.82, 2.24) is 0 Å². The van der Waals surface area contributed by atoms with Crippen molar-refractivity contribution in [1.29, 1.82) is 0 Å². The molecular weight excluding hydrogens is 248 g/mol. The molecule has 1 atom stereocenters. The molecule has 2 aromatic rings. The smallest absolute Gasteiger partial charge is 0.101 e. The molecule has 0 fully saturated rings. The molecule has 1 unspecified atom stereocenters. The Morgan fingerprint density at radius 1 is 1.24 bits per heavy atom. The predicted octanol–water partition coefficient (Wildman–Crippen LogP) is 4.13. The van der Waals surface area contributed by atoms with Crippen LogP contribution in [0.1, 0.15) is 34.0 Å². The summed E-state index contributed by atoms with van der Waals surface area (Å²) in [5.41, 5.74) is 0.445. The van der Waals surface area contributed by atoms with Crippen molar-refractivity contribution >= 4 is 22.7 Å². The van der Waals surface area contributed by atoms with Gasteiger partial charge < -0.3 is 5.11 Å². The number of aliphatic hydroxyl groups is 1. The lowest BCUT2D eigenvalue weighted by Gasteiger charge is -2.22. The molecule has 0 amide bonds. The first-order chi connectivity index (χ1) is 8.03. The van der Waals surface area contributed by atoms with Gasteiger partial charge in [0.15, 0.2) is 0 Å². The quantitative estimate of drug-likeness (QED) is 0.882. The molecule has 0 saturated heterocycles. The van der Waals surface area contributed by atoms with E-state index < -0.39 is 5.60 Å². The molecule has 0 aliphatic carbocycles. The molecule has 0 aliphatic heterocycles. The summed E-state index contributed by atoms with van der Waals surface area (Å²) >= 11 is 3.45. The lowest BCUT2D eigenvalue weighted by Crippen LogP contribution is -2.23. The van der Waals surface area contributed by atoms with Crippen LogP contribution >= 0.6 is 22.7 Å². The van der Waals surface area contributed by atoms with Crippen molar-refractivity contribution in [2.24, 2.45) is 0 Å². The van der Waals surface area contributed by atoms with Crippen molar-refractivity contribution in [3.63, 3.8) is 0 Å². The zero-order chi connectivity index (χ0) is 12.5. The van der Waals surface area contributed by atoms with Gasteiger partial charge in [0.25, 0.3) is 0 Å². The molecule has 0 radical (unpaired) electrons. The summed E-state index contributed by atoms with van der Waals surface area (Å²) < 4.78 is 0. The van der Waals surface area contributed by atoms with E-state index in [2.05, 4.69) is 32.0 Å². The topological polar surface area (TPSA) is 20.2 Å². The lowest BCUT2D eigenvalue weighted by atomic mass is 9.97. The summed E-state index contributed by atoms with van der Waals surface area (Å²) in [4.78, 5) is 3.74. The van der Waals surface area contributed by atoms with Gasteiger partial charge in [-0.05, 0) is 49.4 Å². The van der Waals surface area contributed by atoms with Crippen molar-refractivity contribution in [3.05, 3.63) is 43.8 Å². The minimum Gasteiger partial charge on any atom is -0.384 e. The van der Waals surface area contributed by atoms with Gasteiger partial charge in [0.2, 0.25) is 0 Å². The van der Waals surface area contributed by atoms with Crippen LogP contribution in [0, 0.1) is 6.92 Å². The highest BCUT2D eigenvalue weighted by atomic mass is 32.1. The first-order valence-electron chi connectivity index (χ1n) is 5.87. The Hall–Kier alpha value is -0.640. The fourth-order valence-corrected chi connectivity index (χ4v) is 4.15. The molecule has 0 aliphatic rings. The first-order valence-corrected chi connectivity index (χ1v) is 7.57. The van der Waals surface area contributed by atoms with E-state index in [9.17, 15) is 5.11 Å². The van der Waals surface area contributed by atoms with Crippen molar-refractivity contribution in [3.8, 4) is 0 Å². The Kier molecular flexibility index (Phi) is 3.71. The second-order valence-electron chi connectivity index (χ2n) is 4.60. The Bertz CT molecular complexity index is 494. The molecule has 1 N–H and O–H groups in total. The van der Waals surface area contributed by atoms with Gasteiger partial charge >= 0.3 is 0 Å². The van der Waals surface area contributed by atoms with Gasteiger partial charge in [0, 0.05) is 21.1 Å². The summed E-state index contributed by atoms with van der Waals surface area (Å²) in [6.45, 7) is 6.14. The van der Waals surface area contributed by atoms with Gasteiger partial charge in [0.1, 0.15) is 5.60 Å². The van der Waals surface area contributed by atoms with Crippen LogP contribution in [0.2, 0.25) is 0 Å². The lowest BCUT2D eigenvalue weighted by molar-refractivity contribution is 0.0618. The van der Waals surface area contributed by atoms with E-state index in [-0.39, 0.29) is 0 Å². The summed E-state index contributed by atoms with van der Waals surface area (Å²) in [6.07, 6.45) is 1.78. The fourth-order valence-electron chi connectivity index (χ4n) is 2.05. The number of hydrogen-bond donors (Lipinski definition) is 1. The molecule has 1 nitrogen and oxygen atoms in total. The highest BCUT2D eigenvalue weighted by molar-refractivity contribution is 7.12. The minimum absolute atomic E-state index is 0.707. The van der Waals surface area contributed by atoms with Gasteiger partial charge in [-0.3, -0.25) is 0 Å². The third-order valence-electron chi connectivity index (χ3n) is 2.94. The molecule has 3 heteroatoms.